The highest BCUT2D eigenvalue weighted by molar-refractivity contribution is 7.99. The van der Waals surface area contributed by atoms with Gasteiger partial charge in [0.25, 0.3) is 0 Å². The number of hydrogen-bond acceptors (Lipinski definition) is 7. The third-order valence-electron chi connectivity index (χ3n) is 2.56. The van der Waals surface area contributed by atoms with Gasteiger partial charge in [-0.15, -0.1) is 10.2 Å². The Morgan fingerprint density at radius 1 is 1.40 bits per heavy atom. The van der Waals surface area contributed by atoms with Crippen LogP contribution in [0.1, 0.15) is 18.3 Å². The second kappa shape index (κ2) is 5.87. The minimum Gasteiger partial charge on any atom is -0.481 e. The minimum absolute atomic E-state index is 0.121. The van der Waals surface area contributed by atoms with E-state index in [1.165, 1.54) is 4.68 Å². The number of nitrogens with two attached hydrogens (primary N) is 1. The second-order valence-corrected chi connectivity index (χ2v) is 5.00. The Morgan fingerprint density at radius 3 is 2.80 bits per heavy atom. The molecule has 0 aliphatic heterocycles. The van der Waals surface area contributed by atoms with Gasteiger partial charge >= 0.3 is 5.97 Å². The number of carboxylic acids is 1. The highest BCUT2D eigenvalue weighted by Gasteiger charge is 2.17. The van der Waals surface area contributed by atoms with Gasteiger partial charge in [-0.1, -0.05) is 18.7 Å². The summed E-state index contributed by atoms with van der Waals surface area (Å²) in [5, 5.41) is 25.1. The van der Waals surface area contributed by atoms with Gasteiger partial charge in [-0.2, -0.15) is 10.2 Å². The molecular formula is C11H14N6O2S. The van der Waals surface area contributed by atoms with Gasteiger partial charge in [0, 0.05) is 5.56 Å². The van der Waals surface area contributed by atoms with Crippen molar-refractivity contribution in [3.8, 4) is 11.4 Å². The van der Waals surface area contributed by atoms with Crippen molar-refractivity contribution in [2.75, 3.05) is 11.6 Å². The van der Waals surface area contributed by atoms with Crippen LogP contribution in [0.4, 0.5) is 0 Å². The van der Waals surface area contributed by atoms with E-state index in [9.17, 15) is 4.79 Å². The Morgan fingerprint density at radius 2 is 2.15 bits per heavy atom. The van der Waals surface area contributed by atoms with Crippen LogP contribution in [0.5, 0.6) is 0 Å². The van der Waals surface area contributed by atoms with E-state index in [1.807, 2.05) is 19.9 Å². The number of aryl methyl sites for hydroxylation is 2. The quantitative estimate of drug-likeness (QED) is 0.604. The lowest BCUT2D eigenvalue weighted by atomic mass is 10.1. The summed E-state index contributed by atoms with van der Waals surface area (Å²) in [5.41, 5.74) is 2.28. The third-order valence-corrected chi connectivity index (χ3v) is 3.49. The second-order valence-electron chi connectivity index (χ2n) is 4.06. The van der Waals surface area contributed by atoms with Crippen molar-refractivity contribution in [3.05, 3.63) is 17.5 Å². The van der Waals surface area contributed by atoms with Gasteiger partial charge in [0.1, 0.15) is 0 Å². The maximum absolute atomic E-state index is 10.6. The summed E-state index contributed by atoms with van der Waals surface area (Å²) in [4.78, 5) is 10.6. The molecule has 0 spiro atoms. The van der Waals surface area contributed by atoms with E-state index in [4.69, 9.17) is 10.9 Å². The molecule has 0 saturated carbocycles. The fraction of sp³-hybridized carbons (Fsp3) is 0.364. The number of carbonyl (C=O) groups is 1. The van der Waals surface area contributed by atoms with E-state index in [2.05, 4.69) is 20.4 Å². The number of thioether (sulfide) groups is 1. The number of aromatic nitrogens is 5. The third kappa shape index (κ3) is 2.87. The van der Waals surface area contributed by atoms with Crippen LogP contribution in [0.3, 0.4) is 0 Å². The van der Waals surface area contributed by atoms with E-state index in [1.54, 1.807) is 0 Å². The molecule has 3 N–H and O–H groups in total. The molecule has 0 aliphatic rings. The molecule has 0 atom stereocenters. The van der Waals surface area contributed by atoms with E-state index in [0.717, 1.165) is 28.7 Å². The number of aliphatic carboxylic acids is 1. The molecule has 0 bridgehead atoms. The first-order valence-corrected chi connectivity index (χ1v) is 6.90. The molecule has 2 aromatic heterocycles. The molecular weight excluding hydrogens is 280 g/mol. The summed E-state index contributed by atoms with van der Waals surface area (Å²) in [6.45, 7) is 3.79. The topological polar surface area (TPSA) is 120 Å². The largest absolute Gasteiger partial charge is 0.481 e. The number of carboxylic acid groups (broad SMARTS) is 1. The number of rotatable bonds is 5. The SMILES string of the molecule is CCc1nnc(C)cc1-c1nnc(SCC(=O)O)n1N. The van der Waals surface area contributed by atoms with Crippen LogP contribution >= 0.6 is 11.8 Å². The summed E-state index contributed by atoms with van der Waals surface area (Å²) in [6, 6.07) is 1.84. The Bertz CT molecular complexity index is 642. The lowest BCUT2D eigenvalue weighted by molar-refractivity contribution is -0.133. The average molecular weight is 294 g/mol. The molecule has 0 radical (unpaired) electrons. The minimum atomic E-state index is -0.935. The van der Waals surface area contributed by atoms with Crippen molar-refractivity contribution in [2.45, 2.75) is 25.4 Å². The highest BCUT2D eigenvalue weighted by Crippen LogP contribution is 2.24. The predicted molar refractivity (Wildman–Crippen MR) is 73.7 cm³/mol. The van der Waals surface area contributed by atoms with E-state index in [0.29, 0.717) is 17.4 Å². The summed E-state index contributed by atoms with van der Waals surface area (Å²) in [7, 11) is 0. The fourth-order valence-corrected chi connectivity index (χ4v) is 2.23. The Kier molecular flexibility index (Phi) is 4.18. The van der Waals surface area contributed by atoms with Crippen LogP contribution in [0.25, 0.3) is 11.4 Å². The molecule has 0 fully saturated rings. The molecule has 2 aromatic rings. The Hall–Kier alpha value is -2.16. The van der Waals surface area contributed by atoms with Crippen LogP contribution in [-0.4, -0.2) is 41.9 Å². The van der Waals surface area contributed by atoms with Gasteiger partial charge in [-0.25, -0.2) is 4.68 Å². The van der Waals surface area contributed by atoms with Crippen molar-refractivity contribution in [1.29, 1.82) is 0 Å². The van der Waals surface area contributed by atoms with E-state index in [-0.39, 0.29) is 5.75 Å². The van der Waals surface area contributed by atoms with Crippen LogP contribution in [0, 0.1) is 6.92 Å². The monoisotopic (exact) mass is 294 g/mol. The van der Waals surface area contributed by atoms with Gasteiger partial charge in [-0.05, 0) is 19.4 Å². The molecule has 0 unspecified atom stereocenters. The molecule has 0 saturated heterocycles. The van der Waals surface area contributed by atoms with Crippen molar-refractivity contribution < 1.29 is 9.90 Å². The molecule has 106 valence electrons. The molecule has 2 rings (SSSR count). The van der Waals surface area contributed by atoms with Gasteiger partial charge in [-0.3, -0.25) is 4.79 Å². The lowest BCUT2D eigenvalue weighted by Crippen LogP contribution is -2.13. The molecule has 20 heavy (non-hydrogen) atoms. The molecule has 0 aliphatic carbocycles. The van der Waals surface area contributed by atoms with Crippen LogP contribution in [0.15, 0.2) is 11.2 Å². The van der Waals surface area contributed by atoms with Crippen LogP contribution in [0.2, 0.25) is 0 Å². The summed E-state index contributed by atoms with van der Waals surface area (Å²) >= 11 is 1.02. The van der Waals surface area contributed by atoms with Crippen molar-refractivity contribution in [1.82, 2.24) is 25.1 Å². The lowest BCUT2D eigenvalue weighted by Gasteiger charge is -2.07. The maximum Gasteiger partial charge on any atom is 0.313 e. The Labute approximate surface area is 119 Å². The summed E-state index contributed by atoms with van der Waals surface area (Å²) < 4.78 is 1.28. The number of hydrogen-bond donors (Lipinski definition) is 2. The first kappa shape index (κ1) is 14.3. The zero-order valence-electron chi connectivity index (χ0n) is 11.1. The molecule has 2 heterocycles. The zero-order chi connectivity index (χ0) is 14.7. The number of nitrogens with zero attached hydrogens (tertiary/aromatic N) is 5. The smallest absolute Gasteiger partial charge is 0.313 e. The molecule has 8 nitrogen and oxygen atoms in total. The van der Waals surface area contributed by atoms with E-state index >= 15 is 0 Å². The normalized spacial score (nSPS) is 10.7. The summed E-state index contributed by atoms with van der Waals surface area (Å²) in [5.74, 6) is 5.32. The Balaban J connectivity index is 2.39. The first-order chi connectivity index (χ1) is 9.52. The average Bonchev–Trinajstić information content (AvgIpc) is 2.77. The van der Waals surface area contributed by atoms with Crippen LogP contribution in [-0.2, 0) is 11.2 Å². The maximum atomic E-state index is 10.6. The summed E-state index contributed by atoms with van der Waals surface area (Å²) in [6.07, 6.45) is 0.688. The number of nitrogen functional groups attached to an aromatic ring is 1. The molecule has 9 heteroatoms. The standard InChI is InChI=1S/C11H14N6O2S/c1-3-8-7(4-6(2)13-14-8)10-15-16-11(17(10)12)20-5-9(18)19/h4H,3,5,12H2,1-2H3,(H,18,19). The first-order valence-electron chi connectivity index (χ1n) is 5.91. The zero-order valence-corrected chi connectivity index (χ0v) is 11.9. The predicted octanol–water partition coefficient (Wildman–Crippen LogP) is 0.496. The molecule has 0 aromatic carbocycles. The van der Waals surface area contributed by atoms with Gasteiger partial charge in [0.05, 0.1) is 17.1 Å². The fourth-order valence-electron chi connectivity index (χ4n) is 1.65. The van der Waals surface area contributed by atoms with Crippen LogP contribution < -0.4 is 5.84 Å². The van der Waals surface area contributed by atoms with Crippen molar-refractivity contribution >= 4 is 17.7 Å². The molecule has 0 amide bonds. The van der Waals surface area contributed by atoms with Gasteiger partial charge in [0.15, 0.2) is 5.82 Å². The van der Waals surface area contributed by atoms with Gasteiger partial charge in [0.2, 0.25) is 5.16 Å². The van der Waals surface area contributed by atoms with Gasteiger partial charge < -0.3 is 10.9 Å². The van der Waals surface area contributed by atoms with E-state index < -0.39 is 5.97 Å². The van der Waals surface area contributed by atoms with Crippen molar-refractivity contribution in [2.24, 2.45) is 0 Å². The highest BCUT2D eigenvalue weighted by atomic mass is 32.2. The van der Waals surface area contributed by atoms with Crippen molar-refractivity contribution in [3.63, 3.8) is 0 Å².